The van der Waals surface area contributed by atoms with E-state index >= 15 is 0 Å². The lowest BCUT2D eigenvalue weighted by Gasteiger charge is -2.34. The van der Waals surface area contributed by atoms with Crippen molar-refractivity contribution in [2.24, 2.45) is 16.7 Å². The van der Waals surface area contributed by atoms with Crippen LogP contribution in [0.2, 0.25) is 0 Å². The largest absolute Gasteiger partial charge is 0.355 e. The van der Waals surface area contributed by atoms with E-state index < -0.39 is 0 Å². The van der Waals surface area contributed by atoms with Gasteiger partial charge >= 0.3 is 0 Å². The maximum absolute atomic E-state index is 12.2. The van der Waals surface area contributed by atoms with Crippen molar-refractivity contribution in [1.82, 2.24) is 10.6 Å². The summed E-state index contributed by atoms with van der Waals surface area (Å²) in [7, 11) is 0. The molecule has 19 heavy (non-hydrogen) atoms. The highest BCUT2D eigenvalue weighted by molar-refractivity contribution is 5.85. The minimum absolute atomic E-state index is 0. The van der Waals surface area contributed by atoms with Gasteiger partial charge in [-0.25, -0.2) is 0 Å². The van der Waals surface area contributed by atoms with Crippen LogP contribution in [-0.2, 0) is 4.79 Å². The molecule has 112 valence electrons. The van der Waals surface area contributed by atoms with Crippen LogP contribution in [0, 0.1) is 16.7 Å². The normalized spacial score (nSPS) is 30.7. The van der Waals surface area contributed by atoms with E-state index in [2.05, 4.69) is 31.4 Å². The Morgan fingerprint density at radius 3 is 2.37 bits per heavy atom. The summed E-state index contributed by atoms with van der Waals surface area (Å²) in [6, 6.07) is 0. The molecule has 1 atom stereocenters. The summed E-state index contributed by atoms with van der Waals surface area (Å²) in [5.41, 5.74) is 0.343. The van der Waals surface area contributed by atoms with Gasteiger partial charge in [-0.05, 0) is 56.9 Å². The molecule has 4 heteroatoms. The second kappa shape index (κ2) is 6.45. The van der Waals surface area contributed by atoms with Gasteiger partial charge in [0, 0.05) is 13.1 Å². The lowest BCUT2D eigenvalue weighted by atomic mass is 9.73. The van der Waals surface area contributed by atoms with Crippen molar-refractivity contribution in [3.05, 3.63) is 0 Å². The molecule has 0 spiro atoms. The fourth-order valence-corrected chi connectivity index (χ4v) is 3.12. The van der Waals surface area contributed by atoms with Crippen molar-refractivity contribution in [3.63, 3.8) is 0 Å². The molecule has 0 aromatic carbocycles. The summed E-state index contributed by atoms with van der Waals surface area (Å²) in [6.45, 7) is 9.47. The average molecular weight is 289 g/mol. The lowest BCUT2D eigenvalue weighted by Crippen LogP contribution is -2.42. The molecule has 1 saturated heterocycles. The number of amides is 1. The molecule has 0 aromatic heterocycles. The summed E-state index contributed by atoms with van der Waals surface area (Å²) >= 11 is 0. The Morgan fingerprint density at radius 1 is 1.21 bits per heavy atom. The van der Waals surface area contributed by atoms with Crippen molar-refractivity contribution in [3.8, 4) is 0 Å². The zero-order valence-electron chi connectivity index (χ0n) is 12.6. The molecule has 2 N–H and O–H groups in total. The van der Waals surface area contributed by atoms with Crippen molar-refractivity contribution >= 4 is 18.3 Å². The molecule has 2 aliphatic rings. The van der Waals surface area contributed by atoms with Crippen LogP contribution in [0.25, 0.3) is 0 Å². The first-order valence-electron chi connectivity index (χ1n) is 7.40. The molecular weight excluding hydrogens is 260 g/mol. The average Bonchev–Trinajstić information content (AvgIpc) is 2.76. The van der Waals surface area contributed by atoms with Crippen LogP contribution >= 0.6 is 12.4 Å². The Bertz CT molecular complexity index is 301. The molecule has 1 aliphatic heterocycles. The Hall–Kier alpha value is -0.280. The van der Waals surface area contributed by atoms with Crippen LogP contribution in [0.1, 0.15) is 52.9 Å². The first kappa shape index (κ1) is 16.8. The molecule has 0 aromatic rings. The zero-order chi connectivity index (χ0) is 13.2. The van der Waals surface area contributed by atoms with Gasteiger partial charge in [-0.2, -0.15) is 0 Å². The third-order valence-electron chi connectivity index (χ3n) is 4.93. The SMILES string of the molecule is CC1(C)CCC(CNC(=O)C2(C)CCNC2)CC1.Cl. The molecular formula is C15H29ClN2O. The predicted octanol–water partition coefficient (Wildman–Crippen LogP) is 2.74. The fourth-order valence-electron chi connectivity index (χ4n) is 3.12. The van der Waals surface area contributed by atoms with Gasteiger partial charge in [0.2, 0.25) is 5.91 Å². The van der Waals surface area contributed by atoms with Crippen LogP contribution in [0.5, 0.6) is 0 Å². The van der Waals surface area contributed by atoms with Crippen molar-refractivity contribution in [1.29, 1.82) is 0 Å². The number of carbonyl (C=O) groups excluding carboxylic acids is 1. The van der Waals surface area contributed by atoms with Gasteiger partial charge in [-0.1, -0.05) is 13.8 Å². The quantitative estimate of drug-likeness (QED) is 0.838. The van der Waals surface area contributed by atoms with Gasteiger partial charge < -0.3 is 10.6 Å². The molecule has 0 bridgehead atoms. The van der Waals surface area contributed by atoms with E-state index in [1.165, 1.54) is 25.7 Å². The van der Waals surface area contributed by atoms with Crippen LogP contribution in [-0.4, -0.2) is 25.5 Å². The van der Waals surface area contributed by atoms with E-state index in [0.717, 1.165) is 26.1 Å². The van der Waals surface area contributed by atoms with Gasteiger partial charge in [0.1, 0.15) is 0 Å². The van der Waals surface area contributed by atoms with Crippen LogP contribution in [0.15, 0.2) is 0 Å². The zero-order valence-corrected chi connectivity index (χ0v) is 13.4. The molecule has 1 amide bonds. The summed E-state index contributed by atoms with van der Waals surface area (Å²) in [4.78, 5) is 12.2. The standard InChI is InChI=1S/C15H28N2O.ClH/c1-14(2)6-4-12(5-7-14)10-17-13(18)15(3)8-9-16-11-15;/h12,16H,4-11H2,1-3H3,(H,17,18);1H. The van der Waals surface area contributed by atoms with Gasteiger partial charge in [-0.15, -0.1) is 12.4 Å². The molecule has 3 nitrogen and oxygen atoms in total. The smallest absolute Gasteiger partial charge is 0.227 e. The summed E-state index contributed by atoms with van der Waals surface area (Å²) < 4.78 is 0. The van der Waals surface area contributed by atoms with Crippen molar-refractivity contribution in [2.75, 3.05) is 19.6 Å². The van der Waals surface area contributed by atoms with Gasteiger partial charge in [0.25, 0.3) is 0 Å². The third kappa shape index (κ3) is 4.35. The number of hydrogen-bond donors (Lipinski definition) is 2. The van der Waals surface area contributed by atoms with Gasteiger partial charge in [0.05, 0.1) is 5.41 Å². The first-order valence-corrected chi connectivity index (χ1v) is 7.40. The van der Waals surface area contributed by atoms with E-state index in [1.807, 2.05) is 0 Å². The minimum atomic E-state index is -0.173. The van der Waals surface area contributed by atoms with Crippen LogP contribution < -0.4 is 10.6 Å². The second-order valence-corrected chi connectivity index (χ2v) is 7.31. The summed E-state index contributed by atoms with van der Waals surface area (Å²) in [6.07, 6.45) is 6.10. The Morgan fingerprint density at radius 2 is 1.84 bits per heavy atom. The molecule has 1 aliphatic carbocycles. The maximum Gasteiger partial charge on any atom is 0.227 e. The van der Waals surface area contributed by atoms with Crippen LogP contribution in [0.3, 0.4) is 0 Å². The molecule has 1 heterocycles. The highest BCUT2D eigenvalue weighted by atomic mass is 35.5. The number of hydrogen-bond acceptors (Lipinski definition) is 2. The summed E-state index contributed by atoms with van der Waals surface area (Å²) in [5.74, 6) is 0.942. The molecule has 1 saturated carbocycles. The number of nitrogens with one attached hydrogen (secondary N) is 2. The summed E-state index contributed by atoms with van der Waals surface area (Å²) in [5, 5.41) is 6.46. The molecule has 0 radical (unpaired) electrons. The lowest BCUT2D eigenvalue weighted by molar-refractivity contribution is -0.129. The van der Waals surface area contributed by atoms with Crippen molar-refractivity contribution < 1.29 is 4.79 Å². The predicted molar refractivity (Wildman–Crippen MR) is 81.6 cm³/mol. The number of carbonyl (C=O) groups is 1. The Kier molecular flexibility index (Phi) is 5.69. The van der Waals surface area contributed by atoms with E-state index in [-0.39, 0.29) is 23.7 Å². The van der Waals surface area contributed by atoms with E-state index in [1.54, 1.807) is 0 Å². The fraction of sp³-hybridized carbons (Fsp3) is 0.933. The third-order valence-corrected chi connectivity index (χ3v) is 4.93. The van der Waals surface area contributed by atoms with Crippen LogP contribution in [0.4, 0.5) is 0 Å². The monoisotopic (exact) mass is 288 g/mol. The highest BCUT2D eigenvalue weighted by Gasteiger charge is 2.36. The maximum atomic E-state index is 12.2. The molecule has 2 fully saturated rings. The highest BCUT2D eigenvalue weighted by Crippen LogP contribution is 2.37. The van der Waals surface area contributed by atoms with E-state index in [0.29, 0.717) is 11.3 Å². The van der Waals surface area contributed by atoms with Crippen molar-refractivity contribution in [2.45, 2.75) is 52.9 Å². The number of rotatable bonds is 3. The second-order valence-electron chi connectivity index (χ2n) is 7.31. The Balaban J connectivity index is 0.00000180. The number of halogens is 1. The van der Waals surface area contributed by atoms with Gasteiger partial charge in [-0.3, -0.25) is 4.79 Å². The Labute approximate surface area is 123 Å². The topological polar surface area (TPSA) is 41.1 Å². The first-order chi connectivity index (χ1) is 8.41. The van der Waals surface area contributed by atoms with E-state index in [9.17, 15) is 4.79 Å². The van der Waals surface area contributed by atoms with Gasteiger partial charge in [0.15, 0.2) is 0 Å². The minimum Gasteiger partial charge on any atom is -0.355 e. The van der Waals surface area contributed by atoms with E-state index in [4.69, 9.17) is 0 Å². The molecule has 2 rings (SSSR count). The molecule has 1 unspecified atom stereocenters.